The van der Waals surface area contributed by atoms with E-state index in [4.69, 9.17) is 4.99 Å². The van der Waals surface area contributed by atoms with Gasteiger partial charge in [-0.1, -0.05) is 19.4 Å². The highest BCUT2D eigenvalue weighted by atomic mass is 127. The molecule has 2 bridgehead atoms. The van der Waals surface area contributed by atoms with Crippen LogP contribution in [0.4, 0.5) is 0 Å². The van der Waals surface area contributed by atoms with Crippen LogP contribution < -0.4 is 10.6 Å². The summed E-state index contributed by atoms with van der Waals surface area (Å²) in [6, 6.07) is 6.40. The number of thiophene rings is 1. The molecule has 0 aliphatic carbocycles. The molecule has 0 radical (unpaired) electrons. The Morgan fingerprint density at radius 1 is 1.36 bits per heavy atom. The number of aliphatic imine (C=N–C) groups is 1. The highest BCUT2D eigenvalue weighted by Crippen LogP contribution is 2.32. The molecule has 0 aromatic carbocycles. The Balaban J connectivity index is 0.00000225. The molecule has 3 rings (SSSR count). The van der Waals surface area contributed by atoms with Crippen molar-refractivity contribution in [3.05, 3.63) is 22.4 Å². The van der Waals surface area contributed by atoms with Gasteiger partial charge >= 0.3 is 0 Å². The first-order valence-corrected chi connectivity index (χ1v) is 10.4. The van der Waals surface area contributed by atoms with Crippen LogP contribution in [0.5, 0.6) is 0 Å². The highest BCUT2D eigenvalue weighted by Gasteiger charge is 2.36. The zero-order valence-electron chi connectivity index (χ0n) is 15.7. The molecule has 2 N–H and O–H groups in total. The summed E-state index contributed by atoms with van der Waals surface area (Å²) < 4.78 is 0. The van der Waals surface area contributed by atoms with Crippen LogP contribution in [0.2, 0.25) is 0 Å². The predicted octanol–water partition coefficient (Wildman–Crippen LogP) is 4.04. The standard InChI is InChI=1S/C19H32N4S.HI/c1-4-20-19(21-13-14(2)18-9-6-10-24-18)22-15-11-16-7-5-8-17(12-15)23(16)3;/h6,9-10,14-17H,4-5,7-8,11-13H2,1-3H3,(H2,20,21,22);1H. The fourth-order valence-corrected chi connectivity index (χ4v) is 4.92. The molecule has 1 aromatic rings. The summed E-state index contributed by atoms with van der Waals surface area (Å²) in [5.41, 5.74) is 0. The van der Waals surface area contributed by atoms with Gasteiger partial charge in [0.15, 0.2) is 5.96 Å². The molecule has 1 aromatic heterocycles. The minimum Gasteiger partial charge on any atom is -0.357 e. The van der Waals surface area contributed by atoms with Gasteiger partial charge in [-0.25, -0.2) is 0 Å². The lowest BCUT2D eigenvalue weighted by Crippen LogP contribution is -2.56. The normalized spacial score (nSPS) is 28.1. The second-order valence-corrected chi connectivity index (χ2v) is 8.33. The second-order valence-electron chi connectivity index (χ2n) is 7.35. The average Bonchev–Trinajstić information content (AvgIpc) is 3.08. The van der Waals surface area contributed by atoms with E-state index < -0.39 is 0 Å². The summed E-state index contributed by atoms with van der Waals surface area (Å²) >= 11 is 1.83. The van der Waals surface area contributed by atoms with Gasteiger partial charge in [0.1, 0.15) is 0 Å². The molecule has 2 fully saturated rings. The number of hydrogen-bond acceptors (Lipinski definition) is 3. The van der Waals surface area contributed by atoms with E-state index in [1.54, 1.807) is 0 Å². The molecule has 4 nitrogen and oxygen atoms in total. The zero-order chi connectivity index (χ0) is 16.9. The number of nitrogens with zero attached hydrogens (tertiary/aromatic N) is 2. The quantitative estimate of drug-likeness (QED) is 0.383. The van der Waals surface area contributed by atoms with Gasteiger partial charge in [0.2, 0.25) is 0 Å². The van der Waals surface area contributed by atoms with Gasteiger partial charge in [-0.15, -0.1) is 35.3 Å². The van der Waals surface area contributed by atoms with Crippen molar-refractivity contribution in [2.45, 2.75) is 70.0 Å². The van der Waals surface area contributed by atoms with Crippen molar-refractivity contribution in [3.63, 3.8) is 0 Å². The lowest BCUT2D eigenvalue weighted by Gasteiger charge is -2.47. The monoisotopic (exact) mass is 476 g/mol. The van der Waals surface area contributed by atoms with Crippen LogP contribution in [0, 0.1) is 0 Å². The van der Waals surface area contributed by atoms with Crippen LogP contribution in [0.3, 0.4) is 0 Å². The number of rotatable bonds is 5. The summed E-state index contributed by atoms with van der Waals surface area (Å²) in [5.74, 6) is 1.48. The maximum Gasteiger partial charge on any atom is 0.191 e. The third-order valence-corrected chi connectivity index (χ3v) is 6.68. The van der Waals surface area contributed by atoms with Gasteiger partial charge in [0, 0.05) is 35.5 Å². The number of fused-ring (bicyclic) bond motifs is 2. The minimum atomic E-state index is 0. The van der Waals surface area contributed by atoms with E-state index in [2.05, 4.69) is 53.9 Å². The molecule has 142 valence electrons. The van der Waals surface area contributed by atoms with E-state index in [1.807, 2.05) is 11.3 Å². The Kier molecular flexibility index (Phi) is 8.48. The fourth-order valence-electron chi connectivity index (χ4n) is 4.14. The largest absolute Gasteiger partial charge is 0.357 e. The highest BCUT2D eigenvalue weighted by molar-refractivity contribution is 14.0. The second kappa shape index (κ2) is 10.1. The lowest BCUT2D eigenvalue weighted by molar-refractivity contribution is 0.0526. The molecule has 3 heterocycles. The van der Waals surface area contributed by atoms with Crippen molar-refractivity contribution in [1.82, 2.24) is 15.5 Å². The molecular formula is C19H33IN4S. The van der Waals surface area contributed by atoms with Gasteiger partial charge in [0.25, 0.3) is 0 Å². The molecule has 25 heavy (non-hydrogen) atoms. The average molecular weight is 476 g/mol. The summed E-state index contributed by atoms with van der Waals surface area (Å²) in [6.07, 6.45) is 6.61. The van der Waals surface area contributed by atoms with Crippen LogP contribution in [0.1, 0.15) is 56.7 Å². The molecule has 3 atom stereocenters. The predicted molar refractivity (Wildman–Crippen MR) is 119 cm³/mol. The topological polar surface area (TPSA) is 39.7 Å². The van der Waals surface area contributed by atoms with Gasteiger partial charge in [-0.05, 0) is 51.1 Å². The van der Waals surface area contributed by atoms with Crippen LogP contribution in [-0.2, 0) is 0 Å². The maximum absolute atomic E-state index is 4.86. The Labute approximate surface area is 173 Å². The summed E-state index contributed by atoms with van der Waals surface area (Å²) in [4.78, 5) is 8.90. The van der Waals surface area contributed by atoms with E-state index in [0.29, 0.717) is 12.0 Å². The number of piperidine rings is 2. The first-order valence-electron chi connectivity index (χ1n) is 9.47. The van der Waals surface area contributed by atoms with Crippen molar-refractivity contribution in [2.24, 2.45) is 4.99 Å². The van der Waals surface area contributed by atoms with Crippen molar-refractivity contribution in [2.75, 3.05) is 20.1 Å². The number of nitrogens with one attached hydrogen (secondary N) is 2. The fraction of sp³-hybridized carbons (Fsp3) is 0.737. The minimum absolute atomic E-state index is 0. The molecular weight excluding hydrogens is 443 g/mol. The van der Waals surface area contributed by atoms with Crippen molar-refractivity contribution < 1.29 is 0 Å². The first-order chi connectivity index (χ1) is 11.7. The van der Waals surface area contributed by atoms with Gasteiger partial charge in [0.05, 0.1) is 6.54 Å². The van der Waals surface area contributed by atoms with Crippen LogP contribution in [0.25, 0.3) is 0 Å². The molecule has 2 saturated heterocycles. The molecule has 0 saturated carbocycles. The molecule has 0 spiro atoms. The molecule has 3 unspecified atom stereocenters. The van der Waals surface area contributed by atoms with Crippen molar-refractivity contribution in [3.8, 4) is 0 Å². The molecule has 0 amide bonds. The van der Waals surface area contributed by atoms with Crippen LogP contribution >= 0.6 is 35.3 Å². The van der Waals surface area contributed by atoms with E-state index in [0.717, 1.165) is 31.1 Å². The van der Waals surface area contributed by atoms with E-state index >= 15 is 0 Å². The third kappa shape index (κ3) is 5.57. The summed E-state index contributed by atoms with van der Waals surface area (Å²) in [6.45, 7) is 6.16. The van der Waals surface area contributed by atoms with Gasteiger partial charge < -0.3 is 15.5 Å². The molecule has 2 aliphatic rings. The van der Waals surface area contributed by atoms with Gasteiger partial charge in [-0.3, -0.25) is 4.99 Å². The smallest absolute Gasteiger partial charge is 0.191 e. The van der Waals surface area contributed by atoms with E-state index in [9.17, 15) is 0 Å². The number of halogens is 1. The Morgan fingerprint density at radius 2 is 2.08 bits per heavy atom. The SMILES string of the molecule is CCNC(=NCC(C)c1cccs1)NC1CC2CCCC(C1)N2C.I. The van der Waals surface area contributed by atoms with E-state index in [-0.39, 0.29) is 24.0 Å². The van der Waals surface area contributed by atoms with Gasteiger partial charge in [-0.2, -0.15) is 0 Å². The van der Waals surface area contributed by atoms with Crippen LogP contribution in [0.15, 0.2) is 22.5 Å². The first kappa shape index (κ1) is 21.0. The number of guanidine groups is 1. The molecule has 6 heteroatoms. The maximum atomic E-state index is 4.86. The van der Waals surface area contributed by atoms with Crippen molar-refractivity contribution in [1.29, 1.82) is 0 Å². The zero-order valence-corrected chi connectivity index (χ0v) is 18.8. The summed E-state index contributed by atoms with van der Waals surface area (Å²) in [5, 5.41) is 9.31. The van der Waals surface area contributed by atoms with Crippen LogP contribution in [-0.4, -0.2) is 49.1 Å². The Bertz CT molecular complexity index is 520. The molecule has 2 aliphatic heterocycles. The summed E-state index contributed by atoms with van der Waals surface area (Å²) in [7, 11) is 2.31. The van der Waals surface area contributed by atoms with E-state index in [1.165, 1.54) is 37.0 Å². The Morgan fingerprint density at radius 3 is 2.68 bits per heavy atom. The lowest BCUT2D eigenvalue weighted by atomic mass is 9.82. The number of hydrogen-bond donors (Lipinski definition) is 2. The third-order valence-electron chi connectivity index (χ3n) is 5.58. The Hall–Kier alpha value is -0.340. The van der Waals surface area contributed by atoms with Crippen molar-refractivity contribution >= 4 is 41.3 Å².